The Hall–Kier alpha value is -1.56. The third kappa shape index (κ3) is 4.03. The van der Waals surface area contributed by atoms with Gasteiger partial charge >= 0.3 is 5.97 Å². The molecule has 6 heteroatoms. The van der Waals surface area contributed by atoms with Crippen LogP contribution in [0.5, 0.6) is 0 Å². The first kappa shape index (κ1) is 14.5. The summed E-state index contributed by atoms with van der Waals surface area (Å²) in [5.74, 6) is -0.399. The number of nitrogens with zero attached hydrogens (tertiary/aromatic N) is 3. The van der Waals surface area contributed by atoms with Gasteiger partial charge < -0.3 is 9.64 Å². The number of hydrogen-bond acceptors (Lipinski definition) is 6. The molecule has 0 atom stereocenters. The molecule has 5 nitrogen and oxygen atoms in total. The molecule has 0 aliphatic rings. The van der Waals surface area contributed by atoms with Gasteiger partial charge in [-0.05, 0) is 19.3 Å². The van der Waals surface area contributed by atoms with Gasteiger partial charge in [-0.1, -0.05) is 11.8 Å². The van der Waals surface area contributed by atoms with Crippen LogP contribution in [0.25, 0.3) is 6.08 Å². The molecule has 0 spiro atoms. The zero-order chi connectivity index (χ0) is 13.5. The third-order valence-corrected chi connectivity index (χ3v) is 2.57. The molecule has 0 saturated heterocycles. The maximum absolute atomic E-state index is 11.8. The molecule has 1 aromatic rings. The fraction of sp³-hybridized carbons (Fsp3) is 0.417. The van der Waals surface area contributed by atoms with Gasteiger partial charge in [0, 0.05) is 26.5 Å². The summed E-state index contributed by atoms with van der Waals surface area (Å²) in [6.45, 7) is 2.10. The van der Waals surface area contributed by atoms with Crippen molar-refractivity contribution in [2.45, 2.75) is 12.1 Å². The second-order valence-corrected chi connectivity index (χ2v) is 4.43. The van der Waals surface area contributed by atoms with Crippen molar-refractivity contribution < 1.29 is 9.53 Å². The number of esters is 1. The fourth-order valence-corrected chi connectivity index (χ4v) is 1.54. The number of ether oxygens (including phenoxy) is 1. The van der Waals surface area contributed by atoms with E-state index in [-0.39, 0.29) is 0 Å². The molecule has 98 valence electrons. The molecule has 1 aromatic heterocycles. The van der Waals surface area contributed by atoms with Crippen LogP contribution in [0.4, 0.5) is 0 Å². The van der Waals surface area contributed by atoms with Crippen molar-refractivity contribution in [1.29, 1.82) is 0 Å². The minimum Gasteiger partial charge on any atom is -0.462 e. The predicted molar refractivity (Wildman–Crippen MR) is 72.5 cm³/mol. The fourth-order valence-electron chi connectivity index (χ4n) is 1.19. The first-order valence-corrected chi connectivity index (χ1v) is 6.73. The summed E-state index contributed by atoms with van der Waals surface area (Å²) in [7, 11) is 3.80. The normalized spacial score (nSPS) is 10.7. The second-order valence-electron chi connectivity index (χ2n) is 3.66. The molecule has 0 aliphatic heterocycles. The van der Waals surface area contributed by atoms with Crippen LogP contribution in [0.3, 0.4) is 0 Å². The van der Waals surface area contributed by atoms with Crippen molar-refractivity contribution in [1.82, 2.24) is 14.9 Å². The van der Waals surface area contributed by atoms with Crippen LogP contribution in [0.15, 0.2) is 17.6 Å². The average Bonchev–Trinajstić information content (AvgIpc) is 2.36. The molecule has 0 saturated carbocycles. The summed E-state index contributed by atoms with van der Waals surface area (Å²) < 4.78 is 4.98. The van der Waals surface area contributed by atoms with Crippen LogP contribution in [0.1, 0.15) is 23.0 Å². The van der Waals surface area contributed by atoms with Gasteiger partial charge in [-0.3, -0.25) is 0 Å². The Morgan fingerprint density at radius 2 is 2.28 bits per heavy atom. The maximum atomic E-state index is 11.8. The Kier molecular flexibility index (Phi) is 5.64. The summed E-state index contributed by atoms with van der Waals surface area (Å²) in [4.78, 5) is 22.0. The standard InChI is InChI=1S/C12H17N3O2S/c1-5-17-11(16)9-8-13-12(18-4)14-10(9)6-7-15(2)3/h6-8H,5H2,1-4H3. The van der Waals surface area contributed by atoms with Crippen LogP contribution < -0.4 is 0 Å². The summed E-state index contributed by atoms with van der Waals surface area (Å²) in [6, 6.07) is 0. The number of hydrogen-bond donors (Lipinski definition) is 0. The van der Waals surface area contributed by atoms with E-state index in [1.807, 2.05) is 31.5 Å². The predicted octanol–water partition coefficient (Wildman–Crippen LogP) is 1.91. The smallest absolute Gasteiger partial charge is 0.341 e. The molecule has 18 heavy (non-hydrogen) atoms. The van der Waals surface area contributed by atoms with E-state index in [9.17, 15) is 4.79 Å². The highest BCUT2D eigenvalue weighted by Crippen LogP contribution is 2.14. The van der Waals surface area contributed by atoms with E-state index in [0.29, 0.717) is 23.0 Å². The van der Waals surface area contributed by atoms with Gasteiger partial charge in [0.2, 0.25) is 0 Å². The molecular weight excluding hydrogens is 250 g/mol. The third-order valence-electron chi connectivity index (χ3n) is 2.00. The first-order chi connectivity index (χ1) is 8.58. The van der Waals surface area contributed by atoms with E-state index in [0.717, 1.165) is 0 Å². The van der Waals surface area contributed by atoms with E-state index in [2.05, 4.69) is 9.97 Å². The summed E-state index contributed by atoms with van der Waals surface area (Å²) in [5, 5.41) is 0.626. The minimum atomic E-state index is -0.399. The monoisotopic (exact) mass is 267 g/mol. The minimum absolute atomic E-state index is 0.333. The van der Waals surface area contributed by atoms with Crippen LogP contribution in [0.2, 0.25) is 0 Å². The number of carbonyl (C=O) groups excluding carboxylic acids is 1. The Morgan fingerprint density at radius 1 is 1.56 bits per heavy atom. The van der Waals surface area contributed by atoms with Crippen molar-refractivity contribution in [3.05, 3.63) is 23.7 Å². The molecule has 0 fully saturated rings. The first-order valence-electron chi connectivity index (χ1n) is 5.51. The lowest BCUT2D eigenvalue weighted by Crippen LogP contribution is -2.10. The average molecular weight is 267 g/mol. The molecule has 1 heterocycles. The Morgan fingerprint density at radius 3 is 2.83 bits per heavy atom. The zero-order valence-corrected chi connectivity index (χ0v) is 11.8. The summed E-state index contributed by atoms with van der Waals surface area (Å²) in [5.41, 5.74) is 0.953. The SMILES string of the molecule is CCOC(=O)c1cnc(SC)nc1C=CN(C)C. The van der Waals surface area contributed by atoms with Crippen LogP contribution in [-0.2, 0) is 4.74 Å². The van der Waals surface area contributed by atoms with E-state index in [1.165, 1.54) is 18.0 Å². The van der Waals surface area contributed by atoms with Gasteiger partial charge in [-0.25, -0.2) is 14.8 Å². The summed E-state index contributed by atoms with van der Waals surface area (Å²) >= 11 is 1.43. The topological polar surface area (TPSA) is 55.3 Å². The molecule has 0 unspecified atom stereocenters. The van der Waals surface area contributed by atoms with E-state index >= 15 is 0 Å². The van der Waals surface area contributed by atoms with Gasteiger partial charge in [-0.2, -0.15) is 0 Å². The Labute approximate surface area is 111 Å². The van der Waals surface area contributed by atoms with Crippen molar-refractivity contribution in [3.8, 4) is 0 Å². The highest BCUT2D eigenvalue weighted by molar-refractivity contribution is 7.98. The summed E-state index contributed by atoms with van der Waals surface area (Å²) in [6.07, 6.45) is 6.99. The van der Waals surface area contributed by atoms with Crippen LogP contribution in [0, 0.1) is 0 Å². The van der Waals surface area contributed by atoms with Gasteiger partial charge in [0.15, 0.2) is 5.16 Å². The van der Waals surface area contributed by atoms with E-state index in [1.54, 1.807) is 13.0 Å². The largest absolute Gasteiger partial charge is 0.462 e. The molecule has 0 N–H and O–H groups in total. The van der Waals surface area contributed by atoms with Gasteiger partial charge in [-0.15, -0.1) is 0 Å². The van der Waals surface area contributed by atoms with Gasteiger partial charge in [0.05, 0.1) is 12.3 Å². The number of rotatable bonds is 5. The molecule has 1 rings (SSSR count). The molecule has 0 aromatic carbocycles. The Bertz CT molecular complexity index is 447. The van der Waals surface area contributed by atoms with Crippen molar-refractivity contribution in [2.75, 3.05) is 27.0 Å². The molecular formula is C12H17N3O2S. The lowest BCUT2D eigenvalue weighted by Gasteiger charge is -2.07. The maximum Gasteiger partial charge on any atom is 0.341 e. The van der Waals surface area contributed by atoms with E-state index in [4.69, 9.17) is 4.74 Å². The van der Waals surface area contributed by atoms with Gasteiger partial charge in [0.25, 0.3) is 0 Å². The Balaban J connectivity index is 3.11. The lowest BCUT2D eigenvalue weighted by atomic mass is 10.2. The number of thioether (sulfide) groups is 1. The zero-order valence-electron chi connectivity index (χ0n) is 11.0. The highest BCUT2D eigenvalue weighted by atomic mass is 32.2. The van der Waals surface area contributed by atoms with Crippen LogP contribution >= 0.6 is 11.8 Å². The second kappa shape index (κ2) is 7.00. The molecule has 0 amide bonds. The quantitative estimate of drug-likeness (QED) is 0.461. The highest BCUT2D eigenvalue weighted by Gasteiger charge is 2.13. The lowest BCUT2D eigenvalue weighted by molar-refractivity contribution is 0.0525. The number of aromatic nitrogens is 2. The van der Waals surface area contributed by atoms with Crippen molar-refractivity contribution in [2.24, 2.45) is 0 Å². The molecule has 0 bridgehead atoms. The van der Waals surface area contributed by atoms with Crippen molar-refractivity contribution >= 4 is 23.8 Å². The molecule has 0 aliphatic carbocycles. The number of carbonyl (C=O) groups is 1. The van der Waals surface area contributed by atoms with E-state index < -0.39 is 5.97 Å². The van der Waals surface area contributed by atoms with Crippen molar-refractivity contribution in [3.63, 3.8) is 0 Å². The van der Waals surface area contributed by atoms with Crippen LogP contribution in [-0.4, -0.2) is 47.8 Å². The molecule has 0 radical (unpaired) electrons. The van der Waals surface area contributed by atoms with Gasteiger partial charge in [0.1, 0.15) is 5.56 Å².